The molecule has 0 bridgehead atoms. The predicted octanol–water partition coefficient (Wildman–Crippen LogP) is 2.83. The second-order valence-electron chi connectivity index (χ2n) is 5.64. The van der Waals surface area contributed by atoms with E-state index in [1.165, 1.54) is 19.3 Å². The molecular weight excluding hydrogens is 239 g/mol. The average molecular weight is 264 g/mol. The van der Waals surface area contributed by atoms with Gasteiger partial charge >= 0.3 is 0 Å². The molecule has 19 heavy (non-hydrogen) atoms. The van der Waals surface area contributed by atoms with Crippen LogP contribution in [0, 0.1) is 5.82 Å². The molecule has 1 saturated heterocycles. The third-order valence-corrected chi connectivity index (χ3v) is 4.29. The Labute approximate surface area is 116 Å². The van der Waals surface area contributed by atoms with Gasteiger partial charge in [0.25, 0.3) is 0 Å². The lowest BCUT2D eigenvalue weighted by Gasteiger charge is -2.32. The molecule has 1 heterocycles. The topological polar surface area (TPSA) is 15.3 Å². The predicted molar refractivity (Wildman–Crippen MR) is 77.8 cm³/mol. The summed E-state index contributed by atoms with van der Waals surface area (Å²) in [5.41, 5.74) is 0.827. The molecule has 0 saturated carbocycles. The van der Waals surface area contributed by atoms with Gasteiger partial charge in [-0.15, -0.1) is 0 Å². The monoisotopic (exact) mass is 264 g/mol. The minimum absolute atomic E-state index is 0.0784. The van der Waals surface area contributed by atoms with Crippen LogP contribution in [0.15, 0.2) is 24.3 Å². The maximum Gasteiger partial charge on any atom is 0.126 e. The lowest BCUT2D eigenvalue weighted by atomic mass is 10.0. The molecule has 1 N–H and O–H groups in total. The van der Waals surface area contributed by atoms with Gasteiger partial charge in [0.1, 0.15) is 5.82 Å². The summed E-state index contributed by atoms with van der Waals surface area (Å²) in [6, 6.07) is 8.12. The third-order valence-electron chi connectivity index (χ3n) is 4.29. The summed E-state index contributed by atoms with van der Waals surface area (Å²) in [7, 11) is 2.18. The Morgan fingerprint density at radius 2 is 2.11 bits per heavy atom. The smallest absolute Gasteiger partial charge is 0.126 e. The van der Waals surface area contributed by atoms with Crippen LogP contribution in [0.5, 0.6) is 0 Å². The molecule has 0 amide bonds. The lowest BCUT2D eigenvalue weighted by molar-refractivity contribution is 0.169. The van der Waals surface area contributed by atoms with Crippen molar-refractivity contribution < 1.29 is 4.39 Å². The fraction of sp³-hybridized carbons (Fsp3) is 0.625. The van der Waals surface area contributed by atoms with Gasteiger partial charge in [-0.25, -0.2) is 4.39 Å². The molecule has 1 aromatic rings. The molecule has 1 fully saturated rings. The van der Waals surface area contributed by atoms with Crippen molar-refractivity contribution in [3.63, 3.8) is 0 Å². The molecule has 0 radical (unpaired) electrons. The molecule has 3 heteroatoms. The summed E-state index contributed by atoms with van der Waals surface area (Å²) in [5, 5.41) is 3.44. The van der Waals surface area contributed by atoms with E-state index in [9.17, 15) is 4.39 Å². The quantitative estimate of drug-likeness (QED) is 0.899. The fourth-order valence-corrected chi connectivity index (χ4v) is 2.89. The molecule has 2 nitrogen and oxygen atoms in total. The molecule has 2 unspecified atom stereocenters. The van der Waals surface area contributed by atoms with Crippen LogP contribution in [0.1, 0.15) is 31.7 Å². The Balaban J connectivity index is 1.94. The highest BCUT2D eigenvalue weighted by atomic mass is 19.1. The van der Waals surface area contributed by atoms with Crippen molar-refractivity contribution in [2.45, 2.75) is 44.7 Å². The molecule has 1 aromatic carbocycles. The molecule has 1 aliphatic heterocycles. The molecule has 2 atom stereocenters. The van der Waals surface area contributed by atoms with Crippen LogP contribution in [0.4, 0.5) is 4.39 Å². The van der Waals surface area contributed by atoms with Crippen LogP contribution < -0.4 is 5.32 Å². The number of nitrogens with zero attached hydrogens (tertiary/aromatic N) is 1. The van der Waals surface area contributed by atoms with Crippen molar-refractivity contribution in [2.75, 3.05) is 20.1 Å². The van der Waals surface area contributed by atoms with E-state index < -0.39 is 0 Å². The summed E-state index contributed by atoms with van der Waals surface area (Å²) in [6.45, 7) is 4.43. The van der Waals surface area contributed by atoms with E-state index in [0.29, 0.717) is 12.1 Å². The average Bonchev–Trinajstić information content (AvgIpc) is 2.69. The first-order chi connectivity index (χ1) is 9.18. The number of rotatable bonds is 4. The molecule has 2 rings (SSSR count). The number of halogens is 1. The number of hydrogen-bond acceptors (Lipinski definition) is 2. The number of hydrogen-bond donors (Lipinski definition) is 1. The summed E-state index contributed by atoms with van der Waals surface area (Å²) in [4.78, 5) is 2.43. The Bertz CT molecular complexity index is 386. The van der Waals surface area contributed by atoms with E-state index in [0.717, 1.165) is 25.1 Å². The van der Waals surface area contributed by atoms with Crippen molar-refractivity contribution in [1.82, 2.24) is 10.2 Å². The van der Waals surface area contributed by atoms with Gasteiger partial charge in [-0.2, -0.15) is 0 Å². The Kier molecular flexibility index (Phi) is 5.34. The van der Waals surface area contributed by atoms with E-state index >= 15 is 0 Å². The SMILES string of the molecule is CC(Cc1ccccc1F)N(C)C1CCCNCC1. The maximum atomic E-state index is 13.7. The lowest BCUT2D eigenvalue weighted by Crippen LogP contribution is -2.40. The molecule has 106 valence electrons. The van der Waals surface area contributed by atoms with Crippen LogP contribution in [0.25, 0.3) is 0 Å². The van der Waals surface area contributed by atoms with Gasteiger partial charge in [-0.3, -0.25) is 0 Å². The van der Waals surface area contributed by atoms with Gasteiger partial charge in [0.05, 0.1) is 0 Å². The standard InChI is InChI=1S/C16H25FN2/c1-13(12-14-6-3-4-8-16(14)17)19(2)15-7-5-10-18-11-9-15/h3-4,6,8,13,15,18H,5,7,9-12H2,1-2H3. The van der Waals surface area contributed by atoms with Gasteiger partial charge in [-0.05, 0) is 64.4 Å². The minimum atomic E-state index is -0.0784. The van der Waals surface area contributed by atoms with Crippen LogP contribution in [-0.4, -0.2) is 37.1 Å². The van der Waals surface area contributed by atoms with Crippen molar-refractivity contribution in [1.29, 1.82) is 0 Å². The van der Waals surface area contributed by atoms with Crippen LogP contribution >= 0.6 is 0 Å². The van der Waals surface area contributed by atoms with Crippen molar-refractivity contribution >= 4 is 0 Å². The third kappa shape index (κ3) is 4.02. The van der Waals surface area contributed by atoms with Crippen molar-refractivity contribution in [3.05, 3.63) is 35.6 Å². The van der Waals surface area contributed by atoms with E-state index in [1.807, 2.05) is 12.1 Å². The van der Waals surface area contributed by atoms with E-state index in [1.54, 1.807) is 12.1 Å². The highest BCUT2D eigenvalue weighted by Crippen LogP contribution is 2.18. The van der Waals surface area contributed by atoms with Gasteiger partial charge in [-0.1, -0.05) is 18.2 Å². The highest BCUT2D eigenvalue weighted by molar-refractivity contribution is 5.18. The highest BCUT2D eigenvalue weighted by Gasteiger charge is 2.21. The Morgan fingerprint density at radius 1 is 1.32 bits per heavy atom. The second-order valence-corrected chi connectivity index (χ2v) is 5.64. The summed E-state index contributed by atoms with van der Waals surface area (Å²) in [6.07, 6.45) is 4.46. The zero-order chi connectivity index (χ0) is 13.7. The van der Waals surface area contributed by atoms with Crippen molar-refractivity contribution in [2.24, 2.45) is 0 Å². The summed E-state index contributed by atoms with van der Waals surface area (Å²) in [5.74, 6) is -0.0784. The van der Waals surface area contributed by atoms with E-state index in [4.69, 9.17) is 0 Å². The second kappa shape index (κ2) is 7.01. The van der Waals surface area contributed by atoms with Gasteiger partial charge in [0.15, 0.2) is 0 Å². The van der Waals surface area contributed by atoms with Gasteiger partial charge < -0.3 is 10.2 Å². The summed E-state index contributed by atoms with van der Waals surface area (Å²) < 4.78 is 13.7. The zero-order valence-corrected chi connectivity index (χ0v) is 12.0. The fourth-order valence-electron chi connectivity index (χ4n) is 2.89. The molecule has 0 aromatic heterocycles. The maximum absolute atomic E-state index is 13.7. The Hall–Kier alpha value is -0.930. The zero-order valence-electron chi connectivity index (χ0n) is 12.0. The van der Waals surface area contributed by atoms with Crippen LogP contribution in [-0.2, 0) is 6.42 Å². The normalized spacial score (nSPS) is 22.2. The number of benzene rings is 1. The van der Waals surface area contributed by atoms with Crippen molar-refractivity contribution in [3.8, 4) is 0 Å². The van der Waals surface area contributed by atoms with Crippen LogP contribution in [0.2, 0.25) is 0 Å². The molecule has 1 aliphatic rings. The first kappa shape index (κ1) is 14.5. The van der Waals surface area contributed by atoms with E-state index in [2.05, 4.69) is 24.2 Å². The first-order valence-corrected chi connectivity index (χ1v) is 7.34. The largest absolute Gasteiger partial charge is 0.317 e. The molecule has 0 spiro atoms. The summed E-state index contributed by atoms with van der Waals surface area (Å²) >= 11 is 0. The van der Waals surface area contributed by atoms with Gasteiger partial charge in [0.2, 0.25) is 0 Å². The molecular formula is C16H25FN2. The number of nitrogens with one attached hydrogen (secondary N) is 1. The van der Waals surface area contributed by atoms with Gasteiger partial charge in [0, 0.05) is 12.1 Å². The first-order valence-electron chi connectivity index (χ1n) is 7.34. The van der Waals surface area contributed by atoms with Crippen LogP contribution in [0.3, 0.4) is 0 Å². The molecule has 0 aliphatic carbocycles. The minimum Gasteiger partial charge on any atom is -0.317 e. The van der Waals surface area contributed by atoms with E-state index in [-0.39, 0.29) is 5.82 Å². The Morgan fingerprint density at radius 3 is 2.89 bits per heavy atom. The number of likely N-dealkylation sites (N-methyl/N-ethyl adjacent to an activating group) is 1.